The van der Waals surface area contributed by atoms with Gasteiger partial charge in [-0.25, -0.2) is 17.8 Å². The molecule has 4 aromatic rings. The average molecular weight is 456 g/mol. The molecule has 158 valence electrons. The zero-order chi connectivity index (χ0) is 22.0. The number of thioether (sulfide) groups is 1. The molecule has 6 nitrogen and oxygen atoms in total. The van der Waals surface area contributed by atoms with E-state index in [0.717, 1.165) is 17.7 Å². The van der Waals surface area contributed by atoms with Crippen LogP contribution in [0.15, 0.2) is 87.5 Å². The Morgan fingerprint density at radius 2 is 1.81 bits per heavy atom. The SMILES string of the molecule is Cc1ccc2nc(CSc3ccccc3NS(=O)(=O)c3ccc(F)cc3)cc(=O)n2c1. The summed E-state index contributed by atoms with van der Waals surface area (Å²) in [6.45, 7) is 1.90. The van der Waals surface area contributed by atoms with Gasteiger partial charge in [-0.2, -0.15) is 0 Å². The Bertz CT molecular complexity index is 1420. The van der Waals surface area contributed by atoms with E-state index in [1.807, 2.05) is 13.0 Å². The predicted octanol–water partition coefficient (Wildman–Crippen LogP) is 4.24. The minimum Gasteiger partial charge on any atom is -0.278 e. The molecule has 2 heterocycles. The first kappa shape index (κ1) is 21.1. The first-order valence-corrected chi connectivity index (χ1v) is 11.8. The van der Waals surface area contributed by atoms with Crippen LogP contribution in [0.2, 0.25) is 0 Å². The van der Waals surface area contributed by atoms with E-state index in [9.17, 15) is 17.6 Å². The number of nitrogens with zero attached hydrogens (tertiary/aromatic N) is 2. The molecule has 0 unspecified atom stereocenters. The monoisotopic (exact) mass is 455 g/mol. The Hall–Kier alpha value is -3.17. The number of hydrogen-bond donors (Lipinski definition) is 1. The molecule has 0 aliphatic heterocycles. The molecule has 9 heteroatoms. The third-order valence-electron chi connectivity index (χ3n) is 4.49. The second-order valence-corrected chi connectivity index (χ2v) is 9.56. The summed E-state index contributed by atoms with van der Waals surface area (Å²) in [5, 5.41) is 0. The summed E-state index contributed by atoms with van der Waals surface area (Å²) in [5.74, 6) is -0.126. The summed E-state index contributed by atoms with van der Waals surface area (Å²) < 4.78 is 42.5. The number of nitrogens with one attached hydrogen (secondary N) is 1. The molecule has 0 saturated heterocycles. The van der Waals surface area contributed by atoms with Crippen molar-refractivity contribution in [3.05, 3.63) is 100 Å². The summed E-state index contributed by atoms with van der Waals surface area (Å²) >= 11 is 1.36. The number of aryl methyl sites for hydroxylation is 1. The van der Waals surface area contributed by atoms with E-state index < -0.39 is 15.8 Å². The van der Waals surface area contributed by atoms with Crippen molar-refractivity contribution in [3.63, 3.8) is 0 Å². The van der Waals surface area contributed by atoms with Crippen molar-refractivity contribution >= 4 is 33.1 Å². The number of benzene rings is 2. The number of rotatable bonds is 6. The molecule has 0 amide bonds. The maximum absolute atomic E-state index is 13.1. The molecule has 1 N–H and O–H groups in total. The van der Waals surface area contributed by atoms with Gasteiger partial charge in [0.2, 0.25) is 0 Å². The van der Waals surface area contributed by atoms with Crippen LogP contribution in [0.1, 0.15) is 11.3 Å². The van der Waals surface area contributed by atoms with Crippen molar-refractivity contribution in [2.75, 3.05) is 4.72 Å². The summed E-state index contributed by atoms with van der Waals surface area (Å²) in [5.41, 5.74) is 2.33. The molecule has 2 aromatic heterocycles. The lowest BCUT2D eigenvalue weighted by Gasteiger charge is -2.12. The Labute approximate surface area is 182 Å². The molecule has 4 rings (SSSR count). The summed E-state index contributed by atoms with van der Waals surface area (Å²) in [6.07, 6.45) is 1.74. The fourth-order valence-corrected chi connectivity index (χ4v) is 5.02. The molecule has 0 atom stereocenters. The van der Waals surface area contributed by atoms with Crippen molar-refractivity contribution in [2.24, 2.45) is 0 Å². The third-order valence-corrected chi connectivity index (χ3v) is 6.98. The van der Waals surface area contributed by atoms with Crippen LogP contribution < -0.4 is 10.3 Å². The molecule has 2 aromatic carbocycles. The van der Waals surface area contributed by atoms with Crippen molar-refractivity contribution in [3.8, 4) is 0 Å². The van der Waals surface area contributed by atoms with E-state index in [1.54, 1.807) is 36.5 Å². The summed E-state index contributed by atoms with van der Waals surface area (Å²) in [7, 11) is -3.87. The highest BCUT2D eigenvalue weighted by Crippen LogP contribution is 2.31. The molecule has 0 aliphatic carbocycles. The number of aromatic nitrogens is 2. The Morgan fingerprint density at radius 3 is 2.58 bits per heavy atom. The number of anilines is 1. The number of sulfonamides is 1. The quantitative estimate of drug-likeness (QED) is 0.440. The fraction of sp³-hybridized carbons (Fsp3) is 0.0909. The van der Waals surface area contributed by atoms with Crippen molar-refractivity contribution in [2.45, 2.75) is 22.5 Å². The average Bonchev–Trinajstić information content (AvgIpc) is 2.74. The van der Waals surface area contributed by atoms with Gasteiger partial charge in [0.1, 0.15) is 11.5 Å². The van der Waals surface area contributed by atoms with Crippen LogP contribution in [0.4, 0.5) is 10.1 Å². The van der Waals surface area contributed by atoms with Crippen LogP contribution in [0.25, 0.3) is 5.65 Å². The Morgan fingerprint density at radius 1 is 1.06 bits per heavy atom. The van der Waals surface area contributed by atoms with Crippen LogP contribution in [-0.4, -0.2) is 17.8 Å². The largest absolute Gasteiger partial charge is 0.278 e. The van der Waals surface area contributed by atoms with Crippen LogP contribution in [0, 0.1) is 12.7 Å². The normalized spacial score (nSPS) is 11.5. The summed E-state index contributed by atoms with van der Waals surface area (Å²) in [6, 6.07) is 16.7. The van der Waals surface area contributed by atoms with Crippen LogP contribution in [0.5, 0.6) is 0 Å². The third kappa shape index (κ3) is 4.78. The minimum atomic E-state index is -3.87. The van der Waals surface area contributed by atoms with Crippen molar-refractivity contribution in [1.82, 2.24) is 9.38 Å². The van der Waals surface area contributed by atoms with Crippen LogP contribution in [-0.2, 0) is 15.8 Å². The van der Waals surface area contributed by atoms with Crippen molar-refractivity contribution < 1.29 is 12.8 Å². The second kappa shape index (κ2) is 8.52. The van der Waals surface area contributed by atoms with E-state index in [-0.39, 0.29) is 10.5 Å². The number of hydrogen-bond acceptors (Lipinski definition) is 5. The number of para-hydroxylation sites is 1. The van der Waals surface area contributed by atoms with Crippen LogP contribution >= 0.6 is 11.8 Å². The standard InChI is InChI=1S/C22H18FN3O3S2/c1-15-6-11-21-24-17(12-22(27)26(21)13-15)14-30-20-5-3-2-4-19(20)25-31(28,29)18-9-7-16(23)8-10-18/h2-13,25H,14H2,1H3. The minimum absolute atomic E-state index is 0.0341. The van der Waals surface area contributed by atoms with E-state index in [0.29, 0.717) is 27.7 Å². The van der Waals surface area contributed by atoms with E-state index in [4.69, 9.17) is 0 Å². The van der Waals surface area contributed by atoms with Gasteiger partial charge in [-0.3, -0.25) is 13.9 Å². The molecule has 0 spiro atoms. The molecule has 0 aliphatic rings. The lowest BCUT2D eigenvalue weighted by molar-refractivity contribution is 0.599. The molecular weight excluding hydrogens is 437 g/mol. The zero-order valence-corrected chi connectivity index (χ0v) is 18.1. The van der Waals surface area contributed by atoms with Gasteiger partial charge in [0.25, 0.3) is 15.6 Å². The first-order chi connectivity index (χ1) is 14.8. The number of pyridine rings is 1. The Balaban J connectivity index is 1.57. The maximum Gasteiger partial charge on any atom is 0.261 e. The van der Waals surface area contributed by atoms with Crippen molar-refractivity contribution in [1.29, 1.82) is 0 Å². The summed E-state index contributed by atoms with van der Waals surface area (Å²) in [4.78, 5) is 17.6. The van der Waals surface area contributed by atoms with Gasteiger partial charge in [-0.05, 0) is 55.0 Å². The zero-order valence-electron chi connectivity index (χ0n) is 16.4. The second-order valence-electron chi connectivity index (χ2n) is 6.86. The van der Waals surface area contributed by atoms with Gasteiger partial charge in [-0.1, -0.05) is 18.2 Å². The highest BCUT2D eigenvalue weighted by Gasteiger charge is 2.16. The van der Waals surface area contributed by atoms with Gasteiger partial charge in [-0.15, -0.1) is 11.8 Å². The van der Waals surface area contributed by atoms with Gasteiger partial charge in [0.15, 0.2) is 0 Å². The molecule has 31 heavy (non-hydrogen) atoms. The lowest BCUT2D eigenvalue weighted by Crippen LogP contribution is -2.15. The van der Waals surface area contributed by atoms with Gasteiger partial charge in [0, 0.05) is 22.9 Å². The van der Waals surface area contributed by atoms with Gasteiger partial charge < -0.3 is 0 Å². The Kier molecular flexibility index (Phi) is 5.79. The van der Waals surface area contributed by atoms with Gasteiger partial charge >= 0.3 is 0 Å². The highest BCUT2D eigenvalue weighted by atomic mass is 32.2. The molecular formula is C22H18FN3O3S2. The van der Waals surface area contributed by atoms with E-state index in [1.165, 1.54) is 34.4 Å². The smallest absolute Gasteiger partial charge is 0.261 e. The fourth-order valence-electron chi connectivity index (χ4n) is 2.98. The lowest BCUT2D eigenvalue weighted by atomic mass is 10.3. The molecule has 0 radical (unpaired) electrons. The predicted molar refractivity (Wildman–Crippen MR) is 119 cm³/mol. The number of fused-ring (bicyclic) bond motifs is 1. The topological polar surface area (TPSA) is 80.5 Å². The van der Waals surface area contributed by atoms with Crippen LogP contribution in [0.3, 0.4) is 0 Å². The highest BCUT2D eigenvalue weighted by molar-refractivity contribution is 7.98. The van der Waals surface area contributed by atoms with E-state index in [2.05, 4.69) is 9.71 Å². The first-order valence-electron chi connectivity index (χ1n) is 9.31. The molecule has 0 bridgehead atoms. The molecule has 0 fully saturated rings. The number of halogens is 1. The molecule has 0 saturated carbocycles. The van der Waals surface area contributed by atoms with E-state index >= 15 is 0 Å². The van der Waals surface area contributed by atoms with Gasteiger partial charge in [0.05, 0.1) is 16.3 Å². The maximum atomic E-state index is 13.1.